The summed E-state index contributed by atoms with van der Waals surface area (Å²) in [6, 6.07) is 9.29. The van der Waals surface area contributed by atoms with Crippen molar-refractivity contribution in [1.82, 2.24) is 4.90 Å². The molecule has 1 saturated heterocycles. The number of ether oxygens (including phenoxy) is 1. The third kappa shape index (κ3) is 4.92. The van der Waals surface area contributed by atoms with Gasteiger partial charge in [0.1, 0.15) is 6.10 Å². The molecule has 1 fully saturated rings. The molecule has 6 nitrogen and oxygen atoms in total. The molecule has 0 saturated carbocycles. The van der Waals surface area contributed by atoms with Crippen LogP contribution in [0.15, 0.2) is 30.3 Å². The van der Waals surface area contributed by atoms with E-state index in [9.17, 15) is 9.59 Å². The number of amides is 2. The van der Waals surface area contributed by atoms with E-state index in [2.05, 4.69) is 0 Å². The zero-order valence-corrected chi connectivity index (χ0v) is 14.0. The normalized spacial score (nSPS) is 21.3. The van der Waals surface area contributed by atoms with Gasteiger partial charge >= 0.3 is 0 Å². The number of nitrogens with two attached hydrogens (primary N) is 2. The highest BCUT2D eigenvalue weighted by molar-refractivity contribution is 5.87. The highest BCUT2D eigenvalue weighted by atomic mass is 35.5. The first kappa shape index (κ1) is 19.4. The summed E-state index contributed by atoms with van der Waals surface area (Å²) < 4.78 is 5.65. The number of halogens is 1. The van der Waals surface area contributed by atoms with Crippen LogP contribution in [0.5, 0.6) is 0 Å². The highest BCUT2D eigenvalue weighted by Crippen LogP contribution is 2.26. The first-order valence-corrected chi connectivity index (χ1v) is 7.52. The molecule has 1 aromatic carbocycles. The molecule has 4 N–H and O–H groups in total. The van der Waals surface area contributed by atoms with E-state index in [1.54, 1.807) is 0 Å². The van der Waals surface area contributed by atoms with Crippen molar-refractivity contribution in [3.63, 3.8) is 0 Å². The minimum atomic E-state index is -0.543. The van der Waals surface area contributed by atoms with E-state index in [1.807, 2.05) is 37.3 Å². The second-order valence-electron chi connectivity index (χ2n) is 5.58. The van der Waals surface area contributed by atoms with Crippen molar-refractivity contribution in [2.24, 2.45) is 11.5 Å². The molecule has 7 heteroatoms. The van der Waals surface area contributed by atoms with Gasteiger partial charge in [-0.3, -0.25) is 9.59 Å². The molecule has 1 aliphatic heterocycles. The minimum absolute atomic E-state index is 0. The number of benzene rings is 1. The minimum Gasteiger partial charge on any atom is -0.368 e. The van der Waals surface area contributed by atoms with Crippen LogP contribution in [-0.2, 0) is 14.3 Å². The van der Waals surface area contributed by atoms with E-state index >= 15 is 0 Å². The molecular formula is C16H24ClN3O3. The van der Waals surface area contributed by atoms with Gasteiger partial charge in [-0.25, -0.2) is 0 Å². The Hall–Kier alpha value is -1.63. The Kier molecular flexibility index (Phi) is 7.48. The van der Waals surface area contributed by atoms with Crippen molar-refractivity contribution in [3.8, 4) is 0 Å². The van der Waals surface area contributed by atoms with Gasteiger partial charge in [-0.15, -0.1) is 12.4 Å². The summed E-state index contributed by atoms with van der Waals surface area (Å²) in [5.41, 5.74) is 11.8. The van der Waals surface area contributed by atoms with Crippen LogP contribution in [0.3, 0.4) is 0 Å². The van der Waals surface area contributed by atoms with Gasteiger partial charge in [0.2, 0.25) is 5.91 Å². The van der Waals surface area contributed by atoms with Crippen molar-refractivity contribution in [3.05, 3.63) is 35.9 Å². The van der Waals surface area contributed by atoms with E-state index in [-0.39, 0.29) is 37.0 Å². The number of hydrogen-bond acceptors (Lipinski definition) is 4. The number of rotatable bonds is 6. The van der Waals surface area contributed by atoms with Crippen molar-refractivity contribution in [2.75, 3.05) is 13.1 Å². The Morgan fingerprint density at radius 1 is 1.30 bits per heavy atom. The number of carbonyl (C=O) groups excluding carboxylic acids is 2. The van der Waals surface area contributed by atoms with Crippen molar-refractivity contribution < 1.29 is 14.3 Å². The largest absolute Gasteiger partial charge is 0.368 e. The van der Waals surface area contributed by atoms with Crippen molar-refractivity contribution >= 4 is 24.2 Å². The van der Waals surface area contributed by atoms with Crippen LogP contribution in [0, 0.1) is 0 Å². The maximum atomic E-state index is 12.7. The summed E-state index contributed by atoms with van der Waals surface area (Å²) in [5.74, 6) is -0.740. The van der Waals surface area contributed by atoms with Crippen molar-refractivity contribution in [1.29, 1.82) is 0 Å². The van der Waals surface area contributed by atoms with Crippen molar-refractivity contribution in [2.45, 2.75) is 38.0 Å². The van der Waals surface area contributed by atoms with Gasteiger partial charge in [-0.2, -0.15) is 0 Å². The van der Waals surface area contributed by atoms with Crippen LogP contribution in [0.1, 0.15) is 31.4 Å². The molecule has 1 heterocycles. The molecule has 0 aromatic heterocycles. The third-order valence-corrected chi connectivity index (χ3v) is 4.00. The number of hydrogen-bond donors (Lipinski definition) is 2. The summed E-state index contributed by atoms with van der Waals surface area (Å²) in [7, 11) is 0. The molecule has 1 aliphatic rings. The third-order valence-electron chi connectivity index (χ3n) is 4.00. The molecule has 0 radical (unpaired) electrons. The first-order chi connectivity index (χ1) is 10.5. The monoisotopic (exact) mass is 341 g/mol. The smallest absolute Gasteiger partial charge is 0.252 e. The molecule has 0 bridgehead atoms. The van der Waals surface area contributed by atoms with Gasteiger partial charge in [-0.05, 0) is 25.3 Å². The zero-order chi connectivity index (χ0) is 16.1. The maximum absolute atomic E-state index is 12.7. The number of nitrogens with zero attached hydrogens (tertiary/aromatic N) is 1. The lowest BCUT2D eigenvalue weighted by Crippen LogP contribution is -2.45. The number of carbonyl (C=O) groups is 2. The molecule has 23 heavy (non-hydrogen) atoms. The van der Waals surface area contributed by atoms with Crippen LogP contribution in [0.4, 0.5) is 0 Å². The fourth-order valence-electron chi connectivity index (χ4n) is 2.73. The first-order valence-electron chi connectivity index (χ1n) is 7.52. The van der Waals surface area contributed by atoms with Gasteiger partial charge in [-0.1, -0.05) is 30.3 Å². The van der Waals surface area contributed by atoms with Gasteiger partial charge in [0.25, 0.3) is 5.91 Å². The standard InChI is InChI=1S/C16H23N3O3.ClH/c1-11(12-5-3-2-4-6-12)19(10-15(18)20)16(21)14-8-7-13(9-17)22-14;/h2-6,11,13-14H,7-10,17H2,1H3,(H2,18,20);1H/t11-,13-,14+;/m1./s1. The molecule has 0 aliphatic carbocycles. The van der Waals surface area contributed by atoms with E-state index in [1.165, 1.54) is 4.90 Å². The van der Waals surface area contributed by atoms with Gasteiger partial charge in [0.05, 0.1) is 18.7 Å². The SMILES string of the molecule is C[C@H](c1ccccc1)N(CC(N)=O)C(=O)[C@@H]1CC[C@H](CN)O1.Cl. The molecule has 0 unspecified atom stereocenters. The Balaban J connectivity index is 0.00000264. The molecule has 128 valence electrons. The lowest BCUT2D eigenvalue weighted by atomic mass is 10.1. The summed E-state index contributed by atoms with van der Waals surface area (Å²) in [4.78, 5) is 25.5. The van der Waals surface area contributed by atoms with E-state index in [0.717, 1.165) is 12.0 Å². The van der Waals surface area contributed by atoms with E-state index < -0.39 is 12.0 Å². The lowest BCUT2D eigenvalue weighted by molar-refractivity contribution is -0.147. The average Bonchev–Trinajstić information content (AvgIpc) is 3.01. The molecule has 0 spiro atoms. The summed E-state index contributed by atoms with van der Waals surface area (Å²) in [6.07, 6.45) is 0.754. The molecule has 2 amide bonds. The van der Waals surface area contributed by atoms with Gasteiger partial charge in [0.15, 0.2) is 0 Å². The predicted octanol–water partition coefficient (Wildman–Crippen LogP) is 0.990. The Labute approximate surface area is 142 Å². The van der Waals surface area contributed by atoms with Crippen LogP contribution < -0.4 is 11.5 Å². The summed E-state index contributed by atoms with van der Waals surface area (Å²) in [6.45, 7) is 2.15. The maximum Gasteiger partial charge on any atom is 0.252 e. The second-order valence-corrected chi connectivity index (χ2v) is 5.58. The summed E-state index contributed by atoms with van der Waals surface area (Å²) in [5, 5.41) is 0. The lowest BCUT2D eigenvalue weighted by Gasteiger charge is -2.30. The Bertz CT molecular complexity index is 527. The fraction of sp³-hybridized carbons (Fsp3) is 0.500. The fourth-order valence-corrected chi connectivity index (χ4v) is 2.73. The van der Waals surface area contributed by atoms with E-state index in [4.69, 9.17) is 16.2 Å². The molecular weight excluding hydrogens is 318 g/mol. The zero-order valence-electron chi connectivity index (χ0n) is 13.2. The van der Waals surface area contributed by atoms with Crippen LogP contribution >= 0.6 is 12.4 Å². The molecule has 3 atom stereocenters. The van der Waals surface area contributed by atoms with Gasteiger partial charge in [0, 0.05) is 6.54 Å². The Morgan fingerprint density at radius 2 is 1.96 bits per heavy atom. The molecule has 2 rings (SSSR count). The molecule has 1 aromatic rings. The topological polar surface area (TPSA) is 98.7 Å². The van der Waals surface area contributed by atoms with Crippen LogP contribution in [0.25, 0.3) is 0 Å². The quantitative estimate of drug-likeness (QED) is 0.806. The summed E-state index contributed by atoms with van der Waals surface area (Å²) >= 11 is 0. The average molecular weight is 342 g/mol. The highest BCUT2D eigenvalue weighted by Gasteiger charge is 2.35. The second kappa shape index (κ2) is 8.86. The van der Waals surface area contributed by atoms with Crippen LogP contribution in [0.2, 0.25) is 0 Å². The Morgan fingerprint density at radius 3 is 2.48 bits per heavy atom. The van der Waals surface area contributed by atoms with E-state index in [0.29, 0.717) is 13.0 Å². The number of primary amides is 1. The van der Waals surface area contributed by atoms with Gasteiger partial charge < -0.3 is 21.1 Å². The van der Waals surface area contributed by atoms with Crippen LogP contribution in [-0.4, -0.2) is 42.0 Å². The predicted molar refractivity (Wildman–Crippen MR) is 90.0 cm³/mol.